The molecule has 0 aliphatic heterocycles. The van der Waals surface area contributed by atoms with Crippen molar-refractivity contribution in [2.45, 2.75) is 6.92 Å². The van der Waals surface area contributed by atoms with E-state index in [1.165, 1.54) is 6.33 Å². The SMILES string of the molecule is C=C(C)c1ccc(-c2ccnc3nc(-c4n[nH]c5ccc(-c6cncnc6)nc45)[nH]c23)s1. The molecule has 0 aliphatic rings. The van der Waals surface area contributed by atoms with Crippen molar-refractivity contribution < 1.29 is 0 Å². The van der Waals surface area contributed by atoms with Gasteiger partial charge in [-0.1, -0.05) is 6.58 Å². The molecule has 6 aromatic heterocycles. The van der Waals surface area contributed by atoms with Gasteiger partial charge in [-0.3, -0.25) is 5.10 Å². The third kappa shape index (κ3) is 2.98. The summed E-state index contributed by atoms with van der Waals surface area (Å²) in [4.78, 5) is 27.8. The first-order chi connectivity index (χ1) is 15.7. The largest absolute Gasteiger partial charge is 0.335 e. The quantitative estimate of drug-likeness (QED) is 0.397. The summed E-state index contributed by atoms with van der Waals surface area (Å²) >= 11 is 1.70. The zero-order valence-electron chi connectivity index (χ0n) is 17.0. The van der Waals surface area contributed by atoms with Gasteiger partial charge in [0.15, 0.2) is 17.2 Å². The van der Waals surface area contributed by atoms with E-state index < -0.39 is 0 Å². The number of hydrogen-bond acceptors (Lipinski definition) is 7. The first kappa shape index (κ1) is 18.5. The Labute approximate surface area is 186 Å². The Balaban J connectivity index is 1.49. The molecule has 8 nitrogen and oxygen atoms in total. The topological polar surface area (TPSA) is 109 Å². The summed E-state index contributed by atoms with van der Waals surface area (Å²) in [6, 6.07) is 10.0. The van der Waals surface area contributed by atoms with Gasteiger partial charge in [-0.05, 0) is 42.8 Å². The molecule has 154 valence electrons. The van der Waals surface area contributed by atoms with Gasteiger partial charge < -0.3 is 4.98 Å². The summed E-state index contributed by atoms with van der Waals surface area (Å²) in [7, 11) is 0. The van der Waals surface area contributed by atoms with Gasteiger partial charge in [0.1, 0.15) is 11.8 Å². The Kier molecular flexibility index (Phi) is 4.15. The molecule has 0 aliphatic carbocycles. The Hall–Kier alpha value is -4.24. The Morgan fingerprint density at radius 2 is 1.91 bits per heavy atom. The minimum Gasteiger partial charge on any atom is -0.335 e. The van der Waals surface area contributed by atoms with Gasteiger partial charge in [-0.25, -0.2) is 24.9 Å². The van der Waals surface area contributed by atoms with E-state index in [-0.39, 0.29) is 0 Å². The van der Waals surface area contributed by atoms with E-state index in [0.29, 0.717) is 22.7 Å². The normalized spacial score (nSPS) is 11.4. The third-order valence-corrected chi connectivity index (χ3v) is 6.45. The second kappa shape index (κ2) is 7.17. The lowest BCUT2D eigenvalue weighted by molar-refractivity contribution is 1.10. The lowest BCUT2D eigenvalue weighted by Crippen LogP contribution is -1.88. The molecule has 6 rings (SSSR count). The number of imidazole rings is 1. The van der Waals surface area contributed by atoms with E-state index in [2.05, 4.69) is 48.8 Å². The van der Waals surface area contributed by atoms with Crippen LogP contribution in [0.2, 0.25) is 0 Å². The van der Waals surface area contributed by atoms with E-state index >= 15 is 0 Å². The Morgan fingerprint density at radius 1 is 1.03 bits per heavy atom. The van der Waals surface area contributed by atoms with Crippen LogP contribution in [-0.2, 0) is 0 Å². The van der Waals surface area contributed by atoms with Crippen LogP contribution < -0.4 is 0 Å². The van der Waals surface area contributed by atoms with Crippen molar-refractivity contribution in [3.05, 3.63) is 66.7 Å². The minimum atomic E-state index is 0.608. The molecule has 0 saturated heterocycles. The average Bonchev–Trinajstić information content (AvgIpc) is 3.56. The molecule has 0 radical (unpaired) electrons. The van der Waals surface area contributed by atoms with Crippen LogP contribution in [0.5, 0.6) is 0 Å². The molecule has 0 unspecified atom stereocenters. The van der Waals surface area contributed by atoms with E-state index in [1.54, 1.807) is 29.9 Å². The lowest BCUT2D eigenvalue weighted by atomic mass is 10.2. The number of aromatic amines is 2. The third-order valence-electron chi connectivity index (χ3n) is 5.17. The van der Waals surface area contributed by atoms with Gasteiger partial charge in [0.05, 0.1) is 16.7 Å². The van der Waals surface area contributed by atoms with Crippen LogP contribution in [0, 0.1) is 0 Å². The zero-order valence-corrected chi connectivity index (χ0v) is 17.8. The monoisotopic (exact) mass is 436 g/mol. The fourth-order valence-electron chi connectivity index (χ4n) is 3.60. The molecule has 0 bridgehead atoms. The number of nitrogens with one attached hydrogen (secondary N) is 2. The zero-order chi connectivity index (χ0) is 21.7. The van der Waals surface area contributed by atoms with Crippen LogP contribution >= 0.6 is 11.3 Å². The number of hydrogen-bond donors (Lipinski definition) is 2. The van der Waals surface area contributed by atoms with Crippen LogP contribution in [-0.4, -0.2) is 40.1 Å². The van der Waals surface area contributed by atoms with Crippen LogP contribution in [0.4, 0.5) is 0 Å². The summed E-state index contributed by atoms with van der Waals surface area (Å²) < 4.78 is 0. The lowest BCUT2D eigenvalue weighted by Gasteiger charge is -2.00. The molecule has 0 amide bonds. The number of rotatable bonds is 4. The molecule has 6 aromatic rings. The highest BCUT2D eigenvalue weighted by atomic mass is 32.1. The molecule has 0 atom stereocenters. The second-order valence-electron chi connectivity index (χ2n) is 7.38. The van der Waals surface area contributed by atoms with Gasteiger partial charge in [0.25, 0.3) is 0 Å². The van der Waals surface area contributed by atoms with E-state index in [1.807, 2.05) is 25.1 Å². The van der Waals surface area contributed by atoms with Crippen LogP contribution in [0.25, 0.3) is 61.0 Å². The van der Waals surface area contributed by atoms with Gasteiger partial charge in [0.2, 0.25) is 0 Å². The van der Waals surface area contributed by atoms with Crippen molar-refractivity contribution in [1.29, 1.82) is 0 Å². The number of H-pyrrole nitrogens is 2. The molecule has 2 N–H and O–H groups in total. The molecule has 0 saturated carbocycles. The molecule has 0 aromatic carbocycles. The molecule has 32 heavy (non-hydrogen) atoms. The standard InChI is InChI=1S/C23H16N8S/c1-12(2)17-5-6-18(32-17)14-7-8-26-22-19(14)28-23(29-22)21-20-16(30-31-21)4-3-15(27-20)13-9-24-11-25-10-13/h3-11H,1H2,2H3,(H,30,31)(H,26,28,29). The van der Waals surface area contributed by atoms with E-state index in [4.69, 9.17) is 9.97 Å². The summed E-state index contributed by atoms with van der Waals surface area (Å²) in [5.41, 5.74) is 7.35. The summed E-state index contributed by atoms with van der Waals surface area (Å²) in [5, 5.41) is 7.52. The number of thiophene rings is 1. The second-order valence-corrected chi connectivity index (χ2v) is 8.46. The number of allylic oxidation sites excluding steroid dienone is 1. The summed E-state index contributed by atoms with van der Waals surface area (Å²) in [6.07, 6.45) is 6.74. The maximum absolute atomic E-state index is 4.79. The minimum absolute atomic E-state index is 0.608. The van der Waals surface area contributed by atoms with Crippen molar-refractivity contribution in [2.75, 3.05) is 0 Å². The first-order valence-electron chi connectivity index (χ1n) is 9.89. The maximum atomic E-state index is 4.79. The molecule has 6 heterocycles. The van der Waals surface area contributed by atoms with Crippen molar-refractivity contribution >= 4 is 39.1 Å². The van der Waals surface area contributed by atoms with Crippen molar-refractivity contribution in [3.8, 4) is 33.2 Å². The number of pyridine rings is 2. The van der Waals surface area contributed by atoms with Gasteiger partial charge >= 0.3 is 0 Å². The van der Waals surface area contributed by atoms with Crippen molar-refractivity contribution in [3.63, 3.8) is 0 Å². The molecule has 0 spiro atoms. The Bertz CT molecular complexity index is 1610. The molecule has 0 fully saturated rings. The highest BCUT2D eigenvalue weighted by Gasteiger charge is 2.18. The van der Waals surface area contributed by atoms with Crippen molar-refractivity contribution in [2.24, 2.45) is 0 Å². The van der Waals surface area contributed by atoms with Crippen LogP contribution in [0.1, 0.15) is 11.8 Å². The van der Waals surface area contributed by atoms with Crippen LogP contribution in [0.15, 0.2) is 61.8 Å². The smallest absolute Gasteiger partial charge is 0.178 e. The fraction of sp³-hybridized carbons (Fsp3) is 0.0435. The Morgan fingerprint density at radius 3 is 2.72 bits per heavy atom. The number of aromatic nitrogens is 8. The van der Waals surface area contributed by atoms with E-state index in [9.17, 15) is 0 Å². The molecular formula is C23H16N8S. The van der Waals surface area contributed by atoms with Gasteiger partial charge in [-0.15, -0.1) is 11.3 Å². The summed E-state index contributed by atoms with van der Waals surface area (Å²) in [6.45, 7) is 6.05. The van der Waals surface area contributed by atoms with Crippen LogP contribution in [0.3, 0.4) is 0 Å². The first-order valence-corrected chi connectivity index (χ1v) is 10.7. The average molecular weight is 437 g/mol. The van der Waals surface area contributed by atoms with Crippen molar-refractivity contribution in [1.82, 2.24) is 40.1 Å². The highest BCUT2D eigenvalue weighted by Crippen LogP contribution is 2.35. The number of nitrogens with zero attached hydrogens (tertiary/aromatic N) is 6. The fourth-order valence-corrected chi connectivity index (χ4v) is 4.56. The molecular weight excluding hydrogens is 420 g/mol. The summed E-state index contributed by atoms with van der Waals surface area (Å²) in [5.74, 6) is 0.608. The predicted molar refractivity (Wildman–Crippen MR) is 126 cm³/mol. The predicted octanol–water partition coefficient (Wildman–Crippen LogP) is 5.11. The molecule has 9 heteroatoms. The van der Waals surface area contributed by atoms with Gasteiger partial charge in [0, 0.05) is 39.5 Å². The van der Waals surface area contributed by atoms with E-state index in [0.717, 1.165) is 43.2 Å². The highest BCUT2D eigenvalue weighted by molar-refractivity contribution is 7.16. The van der Waals surface area contributed by atoms with Gasteiger partial charge in [-0.2, -0.15) is 5.10 Å². The maximum Gasteiger partial charge on any atom is 0.178 e. The number of fused-ring (bicyclic) bond motifs is 2.